The maximum atomic E-state index is 11.5. The highest BCUT2D eigenvalue weighted by atomic mass is 16.2. The summed E-state index contributed by atoms with van der Waals surface area (Å²) in [7, 11) is 0. The fraction of sp³-hybridized carbons (Fsp3) is 0.600. The van der Waals surface area contributed by atoms with E-state index in [2.05, 4.69) is 11.9 Å². The summed E-state index contributed by atoms with van der Waals surface area (Å²) in [5.74, 6) is -0.0468. The Labute approximate surface area is 84.0 Å². The minimum atomic E-state index is -0.295. The van der Waals surface area contributed by atoms with E-state index in [1.165, 1.54) is 0 Å². The van der Waals surface area contributed by atoms with Crippen molar-refractivity contribution in [2.75, 3.05) is 13.1 Å². The average Bonchev–Trinajstić information content (AvgIpc) is 2.19. The van der Waals surface area contributed by atoms with E-state index in [1.54, 1.807) is 11.0 Å². The normalized spacial score (nSPS) is 22.1. The molecule has 1 unspecified atom stereocenters. The van der Waals surface area contributed by atoms with Crippen molar-refractivity contribution in [2.45, 2.75) is 25.8 Å². The topological polar surface area (TPSA) is 49.4 Å². The lowest BCUT2D eigenvalue weighted by Gasteiger charge is -2.34. The van der Waals surface area contributed by atoms with Crippen molar-refractivity contribution in [3.63, 3.8) is 0 Å². The van der Waals surface area contributed by atoms with Crippen molar-refractivity contribution in [3.8, 4) is 0 Å². The number of piperazine rings is 1. The number of hydrogen-bond acceptors (Lipinski definition) is 2. The van der Waals surface area contributed by atoms with E-state index in [4.69, 9.17) is 0 Å². The van der Waals surface area contributed by atoms with Crippen molar-refractivity contribution in [2.24, 2.45) is 0 Å². The summed E-state index contributed by atoms with van der Waals surface area (Å²) in [6.45, 7) is 6.23. The van der Waals surface area contributed by atoms with Gasteiger partial charge in [-0.05, 0) is 12.8 Å². The Bertz CT molecular complexity index is 251. The fourth-order valence-electron chi connectivity index (χ4n) is 1.61. The van der Waals surface area contributed by atoms with Crippen LogP contribution in [-0.2, 0) is 9.59 Å². The number of nitrogens with zero attached hydrogens (tertiary/aromatic N) is 1. The Kier molecular flexibility index (Phi) is 3.68. The molecular formula is C10H16N2O2. The molecule has 0 aliphatic carbocycles. The van der Waals surface area contributed by atoms with Crippen molar-refractivity contribution in [3.05, 3.63) is 12.7 Å². The fourth-order valence-corrected chi connectivity index (χ4v) is 1.61. The lowest BCUT2D eigenvalue weighted by atomic mass is 10.1. The number of rotatable bonds is 4. The maximum Gasteiger partial charge on any atom is 0.243 e. The van der Waals surface area contributed by atoms with Gasteiger partial charge in [0, 0.05) is 6.54 Å². The molecule has 0 aromatic carbocycles. The molecule has 4 heteroatoms. The molecule has 0 radical (unpaired) electrons. The number of amides is 2. The van der Waals surface area contributed by atoms with Crippen molar-refractivity contribution in [1.82, 2.24) is 10.2 Å². The molecule has 1 rings (SSSR count). The van der Waals surface area contributed by atoms with Gasteiger partial charge in [-0.15, -0.1) is 6.58 Å². The molecular weight excluding hydrogens is 180 g/mol. The molecule has 1 heterocycles. The molecule has 1 N–H and O–H groups in total. The Morgan fingerprint density at radius 2 is 2.36 bits per heavy atom. The van der Waals surface area contributed by atoms with Gasteiger partial charge >= 0.3 is 0 Å². The SMILES string of the molecule is C=CCCN1C(=O)CNC(=O)C1CC. The van der Waals surface area contributed by atoms with Gasteiger partial charge in [-0.25, -0.2) is 0 Å². The predicted octanol–water partition coefficient (Wildman–Crippen LogP) is 0.299. The summed E-state index contributed by atoms with van der Waals surface area (Å²) in [4.78, 5) is 24.5. The highest BCUT2D eigenvalue weighted by Crippen LogP contribution is 2.09. The molecule has 1 atom stereocenters. The van der Waals surface area contributed by atoms with Crippen LogP contribution in [0.25, 0.3) is 0 Å². The molecule has 0 aromatic rings. The van der Waals surface area contributed by atoms with E-state index in [1.807, 2.05) is 6.92 Å². The second-order valence-electron chi connectivity index (χ2n) is 3.31. The summed E-state index contributed by atoms with van der Waals surface area (Å²) in [6.07, 6.45) is 3.15. The predicted molar refractivity (Wildman–Crippen MR) is 53.6 cm³/mol. The van der Waals surface area contributed by atoms with Gasteiger partial charge < -0.3 is 10.2 Å². The number of hydrogen-bond donors (Lipinski definition) is 1. The largest absolute Gasteiger partial charge is 0.345 e. The molecule has 14 heavy (non-hydrogen) atoms. The van der Waals surface area contributed by atoms with E-state index in [0.29, 0.717) is 13.0 Å². The van der Waals surface area contributed by atoms with Gasteiger partial charge in [-0.2, -0.15) is 0 Å². The summed E-state index contributed by atoms with van der Waals surface area (Å²) in [5.41, 5.74) is 0. The van der Waals surface area contributed by atoms with Crippen LogP contribution in [0.1, 0.15) is 19.8 Å². The van der Waals surface area contributed by atoms with Gasteiger partial charge in [0.05, 0.1) is 6.54 Å². The average molecular weight is 196 g/mol. The van der Waals surface area contributed by atoms with Gasteiger partial charge in [-0.3, -0.25) is 9.59 Å². The Morgan fingerprint density at radius 1 is 1.64 bits per heavy atom. The van der Waals surface area contributed by atoms with Crippen molar-refractivity contribution < 1.29 is 9.59 Å². The van der Waals surface area contributed by atoms with E-state index in [0.717, 1.165) is 6.42 Å². The minimum absolute atomic E-state index is 0.00157. The van der Waals surface area contributed by atoms with Gasteiger partial charge in [0.15, 0.2) is 0 Å². The van der Waals surface area contributed by atoms with Crippen LogP contribution in [0.5, 0.6) is 0 Å². The molecule has 1 saturated heterocycles. The van der Waals surface area contributed by atoms with E-state index in [-0.39, 0.29) is 24.4 Å². The lowest BCUT2D eigenvalue weighted by Crippen LogP contribution is -2.58. The molecule has 0 bridgehead atoms. The number of carbonyl (C=O) groups is 2. The first-order valence-electron chi connectivity index (χ1n) is 4.88. The summed E-state index contributed by atoms with van der Waals surface area (Å²) >= 11 is 0. The van der Waals surface area contributed by atoms with E-state index in [9.17, 15) is 9.59 Å². The highest BCUT2D eigenvalue weighted by Gasteiger charge is 2.32. The zero-order chi connectivity index (χ0) is 10.6. The second kappa shape index (κ2) is 4.79. The molecule has 4 nitrogen and oxygen atoms in total. The summed E-state index contributed by atoms with van der Waals surface area (Å²) < 4.78 is 0. The van der Waals surface area contributed by atoms with Gasteiger partial charge in [0.25, 0.3) is 0 Å². The van der Waals surface area contributed by atoms with E-state index >= 15 is 0 Å². The van der Waals surface area contributed by atoms with Crippen LogP contribution in [0.4, 0.5) is 0 Å². The van der Waals surface area contributed by atoms with Crippen LogP contribution in [0.15, 0.2) is 12.7 Å². The van der Waals surface area contributed by atoms with Crippen LogP contribution in [0, 0.1) is 0 Å². The molecule has 0 aromatic heterocycles. The van der Waals surface area contributed by atoms with Gasteiger partial charge in [-0.1, -0.05) is 13.0 Å². The van der Waals surface area contributed by atoms with Crippen molar-refractivity contribution >= 4 is 11.8 Å². The number of carbonyl (C=O) groups excluding carboxylic acids is 2. The molecule has 2 amide bonds. The monoisotopic (exact) mass is 196 g/mol. The standard InChI is InChI=1S/C10H16N2O2/c1-3-5-6-12-8(4-2)10(14)11-7-9(12)13/h3,8H,1,4-7H2,2H3,(H,11,14). The third kappa shape index (κ3) is 2.13. The molecule has 0 spiro atoms. The van der Waals surface area contributed by atoms with Crippen molar-refractivity contribution in [1.29, 1.82) is 0 Å². The van der Waals surface area contributed by atoms with Crippen LogP contribution in [0.3, 0.4) is 0 Å². The molecule has 1 aliphatic rings. The molecule has 1 fully saturated rings. The first-order chi connectivity index (χ1) is 6.70. The summed E-state index contributed by atoms with van der Waals surface area (Å²) in [6, 6.07) is -0.295. The molecule has 0 saturated carbocycles. The third-order valence-electron chi connectivity index (χ3n) is 2.37. The maximum absolute atomic E-state index is 11.5. The first-order valence-corrected chi connectivity index (χ1v) is 4.88. The smallest absolute Gasteiger partial charge is 0.243 e. The number of nitrogens with one attached hydrogen (secondary N) is 1. The minimum Gasteiger partial charge on any atom is -0.345 e. The third-order valence-corrected chi connectivity index (χ3v) is 2.37. The van der Waals surface area contributed by atoms with Crippen LogP contribution >= 0.6 is 0 Å². The van der Waals surface area contributed by atoms with Crippen LogP contribution in [-0.4, -0.2) is 35.8 Å². The lowest BCUT2D eigenvalue weighted by molar-refractivity contribution is -0.145. The highest BCUT2D eigenvalue weighted by molar-refractivity contribution is 5.94. The Balaban J connectivity index is 2.67. The zero-order valence-corrected chi connectivity index (χ0v) is 8.45. The first kappa shape index (κ1) is 10.8. The summed E-state index contributed by atoms with van der Waals surface area (Å²) in [5, 5.41) is 2.58. The van der Waals surface area contributed by atoms with E-state index < -0.39 is 0 Å². The van der Waals surface area contributed by atoms with Crippen LogP contribution < -0.4 is 5.32 Å². The second-order valence-corrected chi connectivity index (χ2v) is 3.31. The van der Waals surface area contributed by atoms with Gasteiger partial charge in [0.2, 0.25) is 11.8 Å². The molecule has 1 aliphatic heterocycles. The Hall–Kier alpha value is -1.32. The molecule has 78 valence electrons. The zero-order valence-electron chi connectivity index (χ0n) is 8.45. The van der Waals surface area contributed by atoms with Crippen LogP contribution in [0.2, 0.25) is 0 Å². The Morgan fingerprint density at radius 3 is 2.93 bits per heavy atom. The van der Waals surface area contributed by atoms with Gasteiger partial charge in [0.1, 0.15) is 6.04 Å². The quantitative estimate of drug-likeness (QED) is 0.657.